The van der Waals surface area contributed by atoms with E-state index in [4.69, 9.17) is 0 Å². The van der Waals surface area contributed by atoms with Crippen molar-refractivity contribution in [3.63, 3.8) is 0 Å². The molecule has 1 aromatic rings. The molecular formula is C20H36ClNO3. The van der Waals surface area contributed by atoms with Gasteiger partial charge >= 0.3 is 0 Å². The van der Waals surface area contributed by atoms with Crippen molar-refractivity contribution in [2.45, 2.75) is 59.9 Å². The van der Waals surface area contributed by atoms with Crippen molar-refractivity contribution < 1.29 is 15.3 Å². The predicted molar refractivity (Wildman–Crippen MR) is 107 cm³/mol. The molecule has 0 aliphatic carbocycles. The maximum atomic E-state index is 10.5. The number of aromatic hydroxyl groups is 1. The van der Waals surface area contributed by atoms with Gasteiger partial charge in [0.2, 0.25) is 0 Å². The summed E-state index contributed by atoms with van der Waals surface area (Å²) in [5.74, 6) is 0.311. The summed E-state index contributed by atoms with van der Waals surface area (Å²) < 4.78 is 0. The average Bonchev–Trinajstić information content (AvgIpc) is 2.41. The molecule has 0 aliphatic rings. The second kappa shape index (κ2) is 9.77. The molecule has 1 rings (SSSR count). The van der Waals surface area contributed by atoms with Gasteiger partial charge in [0.15, 0.2) is 0 Å². The Kier molecular flexibility index (Phi) is 9.45. The first-order valence-corrected chi connectivity index (χ1v) is 8.77. The normalized spacial score (nSPS) is 12.4. The van der Waals surface area contributed by atoms with Crippen LogP contribution in [0.25, 0.3) is 0 Å². The lowest BCUT2D eigenvalue weighted by molar-refractivity contribution is 0.155. The Balaban J connectivity index is 0.00000576. The molecule has 0 bridgehead atoms. The number of benzene rings is 1. The van der Waals surface area contributed by atoms with Gasteiger partial charge in [0, 0.05) is 25.2 Å². The minimum Gasteiger partial charge on any atom is -0.507 e. The van der Waals surface area contributed by atoms with Gasteiger partial charge in [-0.1, -0.05) is 46.8 Å². The highest BCUT2D eigenvalue weighted by atomic mass is 35.5. The van der Waals surface area contributed by atoms with Gasteiger partial charge in [0.05, 0.1) is 13.2 Å². The molecule has 146 valence electrons. The molecule has 4 nitrogen and oxygen atoms in total. The molecule has 0 fully saturated rings. The van der Waals surface area contributed by atoms with Crippen LogP contribution >= 0.6 is 12.4 Å². The van der Waals surface area contributed by atoms with Gasteiger partial charge in [-0.3, -0.25) is 4.90 Å². The number of aryl methyl sites for hydroxylation is 1. The van der Waals surface area contributed by atoms with Crippen LogP contribution in [0.1, 0.15) is 57.7 Å². The van der Waals surface area contributed by atoms with E-state index in [0.29, 0.717) is 25.4 Å². The molecule has 0 radical (unpaired) electrons. The van der Waals surface area contributed by atoms with Crippen LogP contribution in [-0.4, -0.2) is 46.5 Å². The van der Waals surface area contributed by atoms with Gasteiger partial charge in [-0.05, 0) is 35.3 Å². The highest BCUT2D eigenvalue weighted by molar-refractivity contribution is 5.85. The number of aliphatic hydroxyl groups excluding tert-OH is 2. The maximum Gasteiger partial charge on any atom is 0.122 e. The van der Waals surface area contributed by atoms with E-state index in [-0.39, 0.29) is 36.5 Å². The minimum absolute atomic E-state index is 0. The first-order chi connectivity index (χ1) is 11.0. The molecule has 0 amide bonds. The molecule has 25 heavy (non-hydrogen) atoms. The fourth-order valence-corrected chi connectivity index (χ4v) is 3.59. The second-order valence-corrected chi connectivity index (χ2v) is 8.65. The molecule has 0 saturated heterocycles. The number of hydrogen-bond donors (Lipinski definition) is 3. The smallest absolute Gasteiger partial charge is 0.122 e. The third-order valence-electron chi connectivity index (χ3n) is 4.36. The molecule has 0 spiro atoms. The zero-order chi connectivity index (χ0) is 18.5. The van der Waals surface area contributed by atoms with Gasteiger partial charge in [-0.2, -0.15) is 0 Å². The number of phenolic OH excluding ortho intramolecular Hbond substituents is 1. The van der Waals surface area contributed by atoms with Gasteiger partial charge in [0.25, 0.3) is 0 Å². The van der Waals surface area contributed by atoms with Crippen LogP contribution in [0.3, 0.4) is 0 Å². The van der Waals surface area contributed by atoms with Crippen LogP contribution in [0.15, 0.2) is 12.1 Å². The lowest BCUT2D eigenvalue weighted by atomic mass is 9.71. The molecule has 3 N–H and O–H groups in total. The van der Waals surface area contributed by atoms with Crippen molar-refractivity contribution >= 4 is 12.4 Å². The summed E-state index contributed by atoms with van der Waals surface area (Å²) >= 11 is 0. The van der Waals surface area contributed by atoms with Crippen LogP contribution in [0, 0.1) is 12.3 Å². The summed E-state index contributed by atoms with van der Waals surface area (Å²) in [6.45, 7) is 14.7. The molecular weight excluding hydrogens is 338 g/mol. The molecule has 0 unspecified atom stereocenters. The lowest BCUT2D eigenvalue weighted by Gasteiger charge is -2.34. The van der Waals surface area contributed by atoms with Crippen molar-refractivity contribution in [2.24, 2.45) is 5.41 Å². The first kappa shape index (κ1) is 24.2. The zero-order valence-electron chi connectivity index (χ0n) is 16.6. The van der Waals surface area contributed by atoms with Gasteiger partial charge < -0.3 is 15.3 Å². The van der Waals surface area contributed by atoms with Crippen molar-refractivity contribution in [3.05, 3.63) is 28.8 Å². The second-order valence-electron chi connectivity index (χ2n) is 8.65. The third kappa shape index (κ3) is 7.53. The SMILES string of the molecule is Cc1cc(C(C)(C)CC(C)(C)C)cc(CN(CCO)CCO)c1O.Cl. The predicted octanol–water partition coefficient (Wildman–Crippen LogP) is 3.62. The molecule has 0 aromatic heterocycles. The molecule has 0 atom stereocenters. The van der Waals surface area contributed by atoms with E-state index in [2.05, 4.69) is 46.8 Å². The summed E-state index contributed by atoms with van der Waals surface area (Å²) in [5.41, 5.74) is 3.17. The Labute approximate surface area is 159 Å². The quantitative estimate of drug-likeness (QED) is 0.651. The van der Waals surface area contributed by atoms with Crippen LogP contribution in [0.2, 0.25) is 0 Å². The van der Waals surface area contributed by atoms with E-state index < -0.39 is 0 Å². The van der Waals surface area contributed by atoms with Crippen molar-refractivity contribution in [1.82, 2.24) is 4.90 Å². The number of nitrogens with zero attached hydrogens (tertiary/aromatic N) is 1. The van der Waals surface area contributed by atoms with Gasteiger partial charge in [-0.25, -0.2) is 0 Å². The third-order valence-corrected chi connectivity index (χ3v) is 4.36. The Morgan fingerprint density at radius 2 is 1.48 bits per heavy atom. The van der Waals surface area contributed by atoms with E-state index in [0.717, 1.165) is 17.5 Å². The number of halogens is 1. The standard InChI is InChI=1S/C20H35NO3.ClH/c1-15-11-17(20(5,6)14-19(2,3)4)12-16(18(15)24)13-21(7-9-22)8-10-23;/h11-12,22-24H,7-10,13-14H2,1-6H3;1H. The maximum absolute atomic E-state index is 10.5. The Bertz CT molecular complexity index is 532. The van der Waals surface area contributed by atoms with Gasteiger partial charge in [-0.15, -0.1) is 12.4 Å². The fourth-order valence-electron chi connectivity index (χ4n) is 3.59. The van der Waals surface area contributed by atoms with E-state index in [1.54, 1.807) is 0 Å². The van der Waals surface area contributed by atoms with E-state index in [9.17, 15) is 15.3 Å². The summed E-state index contributed by atoms with van der Waals surface area (Å²) in [7, 11) is 0. The number of rotatable bonds is 8. The van der Waals surface area contributed by atoms with Crippen LogP contribution in [-0.2, 0) is 12.0 Å². The van der Waals surface area contributed by atoms with Crippen molar-refractivity contribution in [3.8, 4) is 5.75 Å². The number of hydrogen-bond acceptors (Lipinski definition) is 4. The fraction of sp³-hybridized carbons (Fsp3) is 0.700. The van der Waals surface area contributed by atoms with Crippen LogP contribution < -0.4 is 0 Å². The summed E-state index contributed by atoms with van der Waals surface area (Å²) in [5, 5.41) is 28.8. The monoisotopic (exact) mass is 373 g/mol. The van der Waals surface area contributed by atoms with E-state index in [1.165, 1.54) is 5.56 Å². The average molecular weight is 374 g/mol. The molecule has 1 aromatic carbocycles. The zero-order valence-corrected chi connectivity index (χ0v) is 17.4. The molecule has 0 heterocycles. The lowest BCUT2D eigenvalue weighted by Crippen LogP contribution is -2.30. The Morgan fingerprint density at radius 1 is 0.960 bits per heavy atom. The molecule has 5 heteroatoms. The van der Waals surface area contributed by atoms with Crippen molar-refractivity contribution in [2.75, 3.05) is 26.3 Å². The van der Waals surface area contributed by atoms with Crippen LogP contribution in [0.5, 0.6) is 5.75 Å². The highest BCUT2D eigenvalue weighted by Crippen LogP contribution is 2.38. The van der Waals surface area contributed by atoms with E-state index in [1.807, 2.05) is 11.8 Å². The topological polar surface area (TPSA) is 63.9 Å². The summed E-state index contributed by atoms with van der Waals surface area (Å²) in [6.07, 6.45) is 1.04. The summed E-state index contributed by atoms with van der Waals surface area (Å²) in [6, 6.07) is 4.16. The number of phenols is 1. The highest BCUT2D eigenvalue weighted by Gasteiger charge is 2.28. The minimum atomic E-state index is 0. The Morgan fingerprint density at radius 3 is 1.92 bits per heavy atom. The molecule has 0 aliphatic heterocycles. The molecule has 0 saturated carbocycles. The van der Waals surface area contributed by atoms with Crippen molar-refractivity contribution in [1.29, 1.82) is 0 Å². The summed E-state index contributed by atoms with van der Waals surface area (Å²) in [4.78, 5) is 1.95. The Hall–Kier alpha value is -0.810. The van der Waals surface area contributed by atoms with Gasteiger partial charge in [0.1, 0.15) is 5.75 Å². The number of aliphatic hydroxyl groups is 2. The first-order valence-electron chi connectivity index (χ1n) is 8.77. The van der Waals surface area contributed by atoms with Crippen LogP contribution in [0.4, 0.5) is 0 Å². The largest absolute Gasteiger partial charge is 0.507 e. The van der Waals surface area contributed by atoms with E-state index >= 15 is 0 Å².